The van der Waals surface area contributed by atoms with Gasteiger partial charge in [-0.25, -0.2) is 4.98 Å². The maximum Gasteiger partial charge on any atom is 0.180 e. The number of nitrogen functional groups attached to an aromatic ring is 1. The lowest BCUT2D eigenvalue weighted by molar-refractivity contribution is 0.309. The predicted molar refractivity (Wildman–Crippen MR) is 70.0 cm³/mol. The van der Waals surface area contributed by atoms with Crippen LogP contribution in [0, 0.1) is 3.57 Å². The van der Waals surface area contributed by atoms with Crippen molar-refractivity contribution in [2.24, 2.45) is 0 Å². The monoisotopic (exact) mass is 332 g/mol. The van der Waals surface area contributed by atoms with Gasteiger partial charge in [0.2, 0.25) is 0 Å². The highest BCUT2D eigenvalue weighted by atomic mass is 127. The van der Waals surface area contributed by atoms with Crippen molar-refractivity contribution in [1.29, 1.82) is 0 Å². The summed E-state index contributed by atoms with van der Waals surface area (Å²) in [6, 6.07) is 7.92. The first-order chi connectivity index (χ1) is 7.24. The van der Waals surface area contributed by atoms with Crippen LogP contribution in [0.25, 0.3) is 0 Å². The van der Waals surface area contributed by atoms with Gasteiger partial charge in [0.05, 0.1) is 4.88 Å². The Morgan fingerprint density at radius 2 is 2.07 bits per heavy atom. The molecular formula is C10H9IN2OS. The number of rotatable bonds is 3. The van der Waals surface area contributed by atoms with Crippen LogP contribution in [0.1, 0.15) is 4.88 Å². The first-order valence-corrected chi connectivity index (χ1v) is 6.22. The third kappa shape index (κ3) is 3.07. The number of anilines is 1. The summed E-state index contributed by atoms with van der Waals surface area (Å²) in [6.45, 7) is 0.523. The zero-order chi connectivity index (χ0) is 10.7. The zero-order valence-corrected chi connectivity index (χ0v) is 10.8. The average Bonchev–Trinajstić information content (AvgIpc) is 2.64. The Labute approximate surface area is 105 Å². The van der Waals surface area contributed by atoms with Gasteiger partial charge in [-0.3, -0.25) is 0 Å². The molecule has 1 aromatic heterocycles. The van der Waals surface area contributed by atoms with Crippen LogP contribution < -0.4 is 10.5 Å². The van der Waals surface area contributed by atoms with E-state index in [1.165, 1.54) is 14.9 Å². The second-order valence-electron chi connectivity index (χ2n) is 2.91. The van der Waals surface area contributed by atoms with Gasteiger partial charge in [-0.15, -0.1) is 0 Å². The number of nitrogens with zero attached hydrogens (tertiary/aromatic N) is 1. The van der Waals surface area contributed by atoms with E-state index in [2.05, 4.69) is 27.6 Å². The number of hydrogen-bond acceptors (Lipinski definition) is 4. The fraction of sp³-hybridized carbons (Fsp3) is 0.100. The molecular weight excluding hydrogens is 323 g/mol. The van der Waals surface area contributed by atoms with Crippen molar-refractivity contribution < 1.29 is 4.74 Å². The quantitative estimate of drug-likeness (QED) is 0.880. The molecule has 0 saturated carbocycles. The van der Waals surface area contributed by atoms with Gasteiger partial charge in [0.1, 0.15) is 12.4 Å². The minimum absolute atomic E-state index is 0.523. The molecule has 2 N–H and O–H groups in total. The summed E-state index contributed by atoms with van der Waals surface area (Å²) < 4.78 is 6.77. The number of thiazole rings is 1. The lowest BCUT2D eigenvalue weighted by atomic mass is 10.3. The summed E-state index contributed by atoms with van der Waals surface area (Å²) in [5.41, 5.74) is 5.52. The number of benzene rings is 1. The van der Waals surface area contributed by atoms with E-state index in [9.17, 15) is 0 Å². The van der Waals surface area contributed by atoms with E-state index in [-0.39, 0.29) is 0 Å². The Morgan fingerprint density at radius 3 is 2.67 bits per heavy atom. The summed E-state index contributed by atoms with van der Waals surface area (Å²) in [5.74, 6) is 0.863. The van der Waals surface area contributed by atoms with Crippen LogP contribution in [0.2, 0.25) is 0 Å². The first-order valence-electron chi connectivity index (χ1n) is 4.32. The van der Waals surface area contributed by atoms with Crippen molar-refractivity contribution in [2.45, 2.75) is 6.61 Å². The van der Waals surface area contributed by atoms with E-state index in [4.69, 9.17) is 10.5 Å². The average molecular weight is 332 g/mol. The molecule has 0 aliphatic carbocycles. The van der Waals surface area contributed by atoms with Crippen molar-refractivity contribution in [3.05, 3.63) is 38.9 Å². The van der Waals surface area contributed by atoms with Crippen LogP contribution >= 0.6 is 33.9 Å². The van der Waals surface area contributed by atoms with E-state index in [1.54, 1.807) is 6.20 Å². The topological polar surface area (TPSA) is 48.1 Å². The Bertz CT molecular complexity index is 441. The first kappa shape index (κ1) is 10.7. The number of hydrogen-bond donors (Lipinski definition) is 1. The van der Waals surface area contributed by atoms with E-state index < -0.39 is 0 Å². The molecule has 3 nitrogen and oxygen atoms in total. The maximum atomic E-state index is 5.57. The Balaban J connectivity index is 1.96. The smallest absolute Gasteiger partial charge is 0.180 e. The van der Waals surface area contributed by atoms with Crippen molar-refractivity contribution in [3.63, 3.8) is 0 Å². The summed E-state index contributed by atoms with van der Waals surface area (Å²) in [7, 11) is 0. The largest absolute Gasteiger partial charge is 0.488 e. The summed E-state index contributed by atoms with van der Waals surface area (Å²) in [5, 5.41) is 0.580. The predicted octanol–water partition coefficient (Wildman–Crippen LogP) is 2.91. The van der Waals surface area contributed by atoms with Crippen LogP contribution in [0.4, 0.5) is 5.13 Å². The molecule has 2 aromatic rings. The third-order valence-electron chi connectivity index (χ3n) is 1.77. The van der Waals surface area contributed by atoms with Crippen molar-refractivity contribution in [2.75, 3.05) is 5.73 Å². The van der Waals surface area contributed by atoms with E-state index in [1.807, 2.05) is 24.3 Å². The molecule has 0 unspecified atom stereocenters. The molecule has 0 saturated heterocycles. The van der Waals surface area contributed by atoms with Crippen molar-refractivity contribution in [3.8, 4) is 5.75 Å². The van der Waals surface area contributed by atoms with E-state index in [0.717, 1.165) is 10.6 Å². The van der Waals surface area contributed by atoms with Crippen LogP contribution in [0.15, 0.2) is 30.5 Å². The van der Waals surface area contributed by atoms with Gasteiger partial charge in [-0.1, -0.05) is 11.3 Å². The number of ether oxygens (including phenoxy) is 1. The molecule has 1 aromatic carbocycles. The van der Waals surface area contributed by atoms with Crippen LogP contribution in [-0.4, -0.2) is 4.98 Å². The van der Waals surface area contributed by atoms with Gasteiger partial charge >= 0.3 is 0 Å². The molecule has 0 radical (unpaired) electrons. The molecule has 2 rings (SSSR count). The summed E-state index contributed by atoms with van der Waals surface area (Å²) >= 11 is 3.71. The lowest BCUT2D eigenvalue weighted by Crippen LogP contribution is -1.92. The molecule has 0 amide bonds. The second kappa shape index (κ2) is 4.80. The van der Waals surface area contributed by atoms with Gasteiger partial charge < -0.3 is 10.5 Å². The molecule has 0 aliphatic rings. The Kier molecular flexibility index (Phi) is 3.42. The van der Waals surface area contributed by atoms with E-state index in [0.29, 0.717) is 11.7 Å². The SMILES string of the molecule is Nc1ncc(COc2ccc(I)cc2)s1. The normalized spacial score (nSPS) is 10.2. The highest BCUT2D eigenvalue weighted by molar-refractivity contribution is 14.1. The number of aromatic nitrogens is 1. The third-order valence-corrected chi connectivity index (χ3v) is 3.29. The number of nitrogens with two attached hydrogens (primary N) is 1. The fourth-order valence-corrected chi connectivity index (χ4v) is 2.03. The summed E-state index contributed by atoms with van der Waals surface area (Å²) in [6.07, 6.45) is 1.74. The molecule has 5 heteroatoms. The molecule has 0 fully saturated rings. The lowest BCUT2D eigenvalue weighted by Gasteiger charge is -2.03. The highest BCUT2D eigenvalue weighted by Crippen LogP contribution is 2.18. The van der Waals surface area contributed by atoms with Crippen molar-refractivity contribution in [1.82, 2.24) is 4.98 Å². The van der Waals surface area contributed by atoms with Gasteiger partial charge in [0.15, 0.2) is 5.13 Å². The summed E-state index contributed by atoms with van der Waals surface area (Å²) in [4.78, 5) is 4.99. The molecule has 0 aliphatic heterocycles. The van der Waals surface area contributed by atoms with Crippen LogP contribution in [0.3, 0.4) is 0 Å². The fourth-order valence-electron chi connectivity index (χ4n) is 1.07. The van der Waals surface area contributed by atoms with Crippen LogP contribution in [0.5, 0.6) is 5.75 Å². The molecule has 0 atom stereocenters. The van der Waals surface area contributed by atoms with Gasteiger partial charge in [-0.2, -0.15) is 0 Å². The van der Waals surface area contributed by atoms with Gasteiger partial charge in [-0.05, 0) is 46.9 Å². The van der Waals surface area contributed by atoms with Crippen LogP contribution in [-0.2, 0) is 6.61 Å². The molecule has 78 valence electrons. The molecule has 15 heavy (non-hydrogen) atoms. The zero-order valence-electron chi connectivity index (χ0n) is 7.81. The van der Waals surface area contributed by atoms with E-state index >= 15 is 0 Å². The molecule has 1 heterocycles. The molecule has 0 bridgehead atoms. The van der Waals surface area contributed by atoms with Crippen molar-refractivity contribution >= 4 is 39.1 Å². The molecule has 0 spiro atoms. The Hall–Kier alpha value is -0.820. The van der Waals surface area contributed by atoms with Gasteiger partial charge in [0.25, 0.3) is 0 Å². The minimum Gasteiger partial charge on any atom is -0.488 e. The van der Waals surface area contributed by atoms with Gasteiger partial charge in [0, 0.05) is 9.77 Å². The standard InChI is InChI=1S/C10H9IN2OS/c11-7-1-3-8(4-2-7)14-6-9-5-13-10(12)15-9/h1-5H,6H2,(H2,12,13). The number of halogens is 1. The highest BCUT2D eigenvalue weighted by Gasteiger charge is 1.99. The Morgan fingerprint density at radius 1 is 1.33 bits per heavy atom. The second-order valence-corrected chi connectivity index (χ2v) is 5.30. The minimum atomic E-state index is 0.523. The maximum absolute atomic E-state index is 5.57.